The zero-order chi connectivity index (χ0) is 15.3. The van der Waals surface area contributed by atoms with Crippen molar-refractivity contribution < 1.29 is 14.0 Å². The Bertz CT molecular complexity index is 766. The van der Waals surface area contributed by atoms with Gasteiger partial charge in [0.05, 0.1) is 17.5 Å². The summed E-state index contributed by atoms with van der Waals surface area (Å²) < 4.78 is 14.1. The lowest BCUT2D eigenvalue weighted by Crippen LogP contribution is -2.38. The highest BCUT2D eigenvalue weighted by Crippen LogP contribution is 2.79. The van der Waals surface area contributed by atoms with Crippen molar-refractivity contribution in [2.45, 2.75) is 19.8 Å². The van der Waals surface area contributed by atoms with Crippen molar-refractivity contribution in [1.29, 1.82) is 0 Å². The lowest BCUT2D eigenvalue weighted by atomic mass is 9.72. The van der Waals surface area contributed by atoms with Crippen molar-refractivity contribution in [3.63, 3.8) is 0 Å². The van der Waals surface area contributed by atoms with E-state index >= 15 is 0 Å². The fourth-order valence-electron chi connectivity index (χ4n) is 5.45. The van der Waals surface area contributed by atoms with Gasteiger partial charge in [-0.15, -0.1) is 0 Å². The second kappa shape index (κ2) is 3.50. The van der Waals surface area contributed by atoms with E-state index in [1.807, 2.05) is 0 Å². The van der Waals surface area contributed by atoms with Crippen LogP contribution in [0.4, 0.5) is 10.1 Å². The van der Waals surface area contributed by atoms with Gasteiger partial charge >= 0.3 is 0 Å². The Morgan fingerprint density at radius 3 is 2.55 bits per heavy atom. The van der Waals surface area contributed by atoms with Gasteiger partial charge in [-0.05, 0) is 36.3 Å². The van der Waals surface area contributed by atoms with E-state index in [4.69, 9.17) is 0 Å². The minimum atomic E-state index is -0.518. The molecule has 22 heavy (non-hydrogen) atoms. The maximum atomic E-state index is 14.1. The molecule has 3 unspecified atom stereocenters. The molecule has 3 aliphatic carbocycles. The van der Waals surface area contributed by atoms with E-state index in [0.717, 1.165) is 17.7 Å². The maximum absolute atomic E-state index is 14.1. The first-order valence-electron chi connectivity index (χ1n) is 7.83. The SMILES string of the molecule is CC12C=CC(C3C(=O)N(c4ccccc4F)C(=O)[C@H]31)C21CC1. The third-order valence-corrected chi connectivity index (χ3v) is 6.63. The molecule has 2 saturated carbocycles. The van der Waals surface area contributed by atoms with E-state index in [9.17, 15) is 14.0 Å². The van der Waals surface area contributed by atoms with Gasteiger partial charge in [0.1, 0.15) is 5.82 Å². The molecule has 1 saturated heterocycles. The maximum Gasteiger partial charge on any atom is 0.238 e. The Balaban J connectivity index is 1.64. The van der Waals surface area contributed by atoms with Gasteiger partial charge in [-0.25, -0.2) is 9.29 Å². The molecular weight excluding hydrogens is 281 g/mol. The zero-order valence-corrected chi connectivity index (χ0v) is 12.3. The molecular formula is C18H16FNO2. The van der Waals surface area contributed by atoms with Crippen LogP contribution in [-0.2, 0) is 9.59 Å². The van der Waals surface area contributed by atoms with Crippen LogP contribution in [0, 0.1) is 34.4 Å². The van der Waals surface area contributed by atoms with Crippen molar-refractivity contribution in [2.75, 3.05) is 4.90 Å². The minimum Gasteiger partial charge on any atom is -0.274 e. The third kappa shape index (κ3) is 1.10. The lowest BCUT2D eigenvalue weighted by Gasteiger charge is -2.31. The monoisotopic (exact) mass is 297 g/mol. The van der Waals surface area contributed by atoms with Crippen LogP contribution in [0.1, 0.15) is 19.8 Å². The van der Waals surface area contributed by atoms with Gasteiger partial charge in [-0.3, -0.25) is 9.59 Å². The van der Waals surface area contributed by atoms with Crippen LogP contribution in [0.25, 0.3) is 0 Å². The van der Waals surface area contributed by atoms with Gasteiger partial charge in [0, 0.05) is 5.41 Å². The summed E-state index contributed by atoms with van der Waals surface area (Å²) in [4.78, 5) is 27.0. The molecule has 1 aromatic carbocycles. The normalized spacial score (nSPS) is 39.9. The number of para-hydroxylation sites is 1. The molecule has 2 amide bonds. The molecule has 1 spiro atoms. The van der Waals surface area contributed by atoms with Crippen LogP contribution in [0.3, 0.4) is 0 Å². The number of imide groups is 1. The van der Waals surface area contributed by atoms with Gasteiger partial charge in [0.2, 0.25) is 11.8 Å². The average Bonchev–Trinajstić information content (AvgIpc) is 3.15. The van der Waals surface area contributed by atoms with Crippen LogP contribution < -0.4 is 4.90 Å². The number of amides is 2. The van der Waals surface area contributed by atoms with Crippen molar-refractivity contribution >= 4 is 17.5 Å². The van der Waals surface area contributed by atoms with Crippen molar-refractivity contribution in [1.82, 2.24) is 0 Å². The highest BCUT2D eigenvalue weighted by atomic mass is 19.1. The molecule has 1 heterocycles. The van der Waals surface area contributed by atoms with Crippen LogP contribution >= 0.6 is 0 Å². The number of rotatable bonds is 1. The Hall–Kier alpha value is -1.97. The number of carbonyl (C=O) groups excluding carboxylic acids is 2. The van der Waals surface area contributed by atoms with Crippen LogP contribution in [-0.4, -0.2) is 11.8 Å². The number of nitrogens with zero attached hydrogens (tertiary/aromatic N) is 1. The first kappa shape index (κ1) is 12.6. The summed E-state index contributed by atoms with van der Waals surface area (Å²) in [6.07, 6.45) is 6.45. The number of carbonyl (C=O) groups is 2. The Morgan fingerprint density at radius 2 is 1.91 bits per heavy atom. The van der Waals surface area contributed by atoms with Crippen LogP contribution in [0.5, 0.6) is 0 Å². The zero-order valence-electron chi connectivity index (χ0n) is 12.3. The molecule has 1 aliphatic heterocycles. The van der Waals surface area contributed by atoms with E-state index in [2.05, 4.69) is 19.1 Å². The highest BCUT2D eigenvalue weighted by Gasteiger charge is 2.78. The Labute approximate surface area is 127 Å². The fourth-order valence-corrected chi connectivity index (χ4v) is 5.45. The predicted octanol–water partition coefficient (Wildman–Crippen LogP) is 2.92. The Kier molecular flexibility index (Phi) is 2.00. The van der Waals surface area contributed by atoms with E-state index in [0.29, 0.717) is 0 Å². The first-order chi connectivity index (χ1) is 10.5. The molecule has 5 rings (SSSR count). The van der Waals surface area contributed by atoms with Crippen LogP contribution in [0.15, 0.2) is 36.4 Å². The largest absolute Gasteiger partial charge is 0.274 e. The number of halogens is 1. The van der Waals surface area contributed by atoms with E-state index < -0.39 is 5.82 Å². The molecule has 0 aromatic heterocycles. The molecule has 4 aliphatic rings. The highest BCUT2D eigenvalue weighted by molar-refractivity contribution is 6.23. The molecule has 1 aromatic rings. The predicted molar refractivity (Wildman–Crippen MR) is 78.3 cm³/mol. The molecule has 0 N–H and O–H groups in total. The molecule has 2 bridgehead atoms. The summed E-state index contributed by atoms with van der Waals surface area (Å²) in [7, 11) is 0. The minimum absolute atomic E-state index is 0.0970. The number of anilines is 1. The van der Waals surface area contributed by atoms with Gasteiger partial charge in [-0.1, -0.05) is 31.2 Å². The topological polar surface area (TPSA) is 37.4 Å². The van der Waals surface area contributed by atoms with Crippen molar-refractivity contribution in [3.05, 3.63) is 42.2 Å². The summed E-state index contributed by atoms with van der Waals surface area (Å²) in [5.41, 5.74) is -0.0240. The fraction of sp³-hybridized carbons (Fsp3) is 0.444. The molecule has 4 atom stereocenters. The quantitative estimate of drug-likeness (QED) is 0.590. The molecule has 3 fully saturated rings. The number of hydrogen-bond donors (Lipinski definition) is 0. The lowest BCUT2D eigenvalue weighted by molar-refractivity contribution is -0.124. The smallest absolute Gasteiger partial charge is 0.238 e. The Morgan fingerprint density at radius 1 is 1.18 bits per heavy atom. The molecule has 3 nitrogen and oxygen atoms in total. The molecule has 112 valence electrons. The second-order valence-corrected chi connectivity index (χ2v) is 7.29. The summed E-state index contributed by atoms with van der Waals surface area (Å²) in [5.74, 6) is -1.43. The number of fused-ring (bicyclic) bond motifs is 3. The van der Waals surface area contributed by atoms with Gasteiger partial charge in [0.15, 0.2) is 0 Å². The molecule has 0 radical (unpaired) electrons. The number of allylic oxidation sites excluding steroid dienone is 2. The summed E-state index contributed by atoms with van der Waals surface area (Å²) in [6, 6.07) is 6.03. The van der Waals surface area contributed by atoms with Gasteiger partial charge in [0.25, 0.3) is 0 Å². The van der Waals surface area contributed by atoms with Gasteiger partial charge < -0.3 is 0 Å². The van der Waals surface area contributed by atoms with E-state index in [1.54, 1.807) is 12.1 Å². The average molecular weight is 297 g/mol. The van der Waals surface area contributed by atoms with E-state index in [-0.39, 0.29) is 46.1 Å². The van der Waals surface area contributed by atoms with Crippen LogP contribution in [0.2, 0.25) is 0 Å². The molecule has 4 heteroatoms. The van der Waals surface area contributed by atoms with Crippen molar-refractivity contribution in [3.8, 4) is 0 Å². The van der Waals surface area contributed by atoms with Gasteiger partial charge in [-0.2, -0.15) is 0 Å². The number of hydrogen-bond acceptors (Lipinski definition) is 2. The first-order valence-corrected chi connectivity index (χ1v) is 7.83. The standard InChI is InChI=1S/C18H16FNO2/c1-17-7-6-10(18(17)8-9-18)13-14(17)16(22)20(15(13)21)12-5-3-2-4-11(12)19/h2-7,10,13-14H,8-9H2,1H3/t10?,13?,14-,17?/m0/s1. The summed E-state index contributed by atoms with van der Waals surface area (Å²) >= 11 is 0. The second-order valence-electron chi connectivity index (χ2n) is 7.29. The van der Waals surface area contributed by atoms with E-state index in [1.165, 1.54) is 12.1 Å². The third-order valence-electron chi connectivity index (χ3n) is 6.63. The number of benzene rings is 1. The summed E-state index contributed by atoms with van der Waals surface area (Å²) in [6.45, 7) is 2.11. The summed E-state index contributed by atoms with van der Waals surface area (Å²) in [5, 5.41) is 0. The van der Waals surface area contributed by atoms with Crippen molar-refractivity contribution in [2.24, 2.45) is 28.6 Å².